The van der Waals surface area contributed by atoms with E-state index in [2.05, 4.69) is 31.2 Å². The monoisotopic (exact) mass is 193 g/mol. The predicted octanol–water partition coefficient (Wildman–Crippen LogP) is 2.58. The van der Waals surface area contributed by atoms with Crippen molar-refractivity contribution in [3.63, 3.8) is 0 Å². The van der Waals surface area contributed by atoms with Gasteiger partial charge in [0.2, 0.25) is 0 Å². The molecule has 0 aromatic heterocycles. The molecule has 1 nitrogen and oxygen atoms in total. The van der Waals surface area contributed by atoms with Gasteiger partial charge in [-0.15, -0.1) is 11.8 Å². The molecule has 0 amide bonds. The Hall–Kier alpha value is -0.470. The molecule has 1 aliphatic carbocycles. The maximum absolute atomic E-state index is 6.02. The Morgan fingerprint density at radius 1 is 1.38 bits per heavy atom. The molecule has 1 saturated carbocycles. The summed E-state index contributed by atoms with van der Waals surface area (Å²) in [4.78, 5) is 1.37. The second-order valence-corrected chi connectivity index (χ2v) is 4.93. The molecule has 0 saturated heterocycles. The van der Waals surface area contributed by atoms with Gasteiger partial charge >= 0.3 is 0 Å². The average molecular weight is 193 g/mol. The van der Waals surface area contributed by atoms with Crippen molar-refractivity contribution in [2.45, 2.75) is 30.2 Å². The van der Waals surface area contributed by atoms with Crippen molar-refractivity contribution in [2.24, 2.45) is 5.73 Å². The van der Waals surface area contributed by atoms with Gasteiger partial charge in [-0.2, -0.15) is 0 Å². The Balaban J connectivity index is 1.97. The average Bonchev–Trinajstić information content (AvgIpc) is 2.83. The maximum Gasteiger partial charge on any atom is 0.0250 e. The zero-order valence-electron chi connectivity index (χ0n) is 7.92. The van der Waals surface area contributed by atoms with Gasteiger partial charge in [-0.3, -0.25) is 0 Å². The summed E-state index contributed by atoms with van der Waals surface area (Å²) in [6.45, 7) is 2.15. The molecule has 70 valence electrons. The number of rotatable bonds is 3. The van der Waals surface area contributed by atoms with Crippen LogP contribution in [0.2, 0.25) is 0 Å². The van der Waals surface area contributed by atoms with Gasteiger partial charge in [-0.1, -0.05) is 18.2 Å². The summed E-state index contributed by atoms with van der Waals surface area (Å²) >= 11 is 1.89. The predicted molar refractivity (Wildman–Crippen MR) is 58.1 cm³/mol. The lowest BCUT2D eigenvalue weighted by Crippen LogP contribution is -2.24. The Bertz CT molecular complexity index is 305. The lowest BCUT2D eigenvalue weighted by atomic mass is 10.2. The number of hydrogen-bond acceptors (Lipinski definition) is 2. The Morgan fingerprint density at radius 2 is 2.08 bits per heavy atom. The molecule has 1 aromatic carbocycles. The van der Waals surface area contributed by atoms with Gasteiger partial charge in [0.05, 0.1) is 0 Å². The number of hydrogen-bond donors (Lipinski definition) is 1. The van der Waals surface area contributed by atoms with E-state index >= 15 is 0 Å². The third kappa shape index (κ3) is 2.26. The van der Waals surface area contributed by atoms with Gasteiger partial charge in [0.1, 0.15) is 0 Å². The third-order valence-corrected chi connectivity index (χ3v) is 3.99. The quantitative estimate of drug-likeness (QED) is 0.747. The van der Waals surface area contributed by atoms with E-state index in [9.17, 15) is 0 Å². The van der Waals surface area contributed by atoms with E-state index < -0.39 is 0 Å². The van der Waals surface area contributed by atoms with Crippen LogP contribution in [0.4, 0.5) is 0 Å². The van der Waals surface area contributed by atoms with Crippen LogP contribution in [0.25, 0.3) is 0 Å². The molecule has 1 aliphatic rings. The SMILES string of the molecule is Cc1ccccc1SCC1(N)CC1. The first-order chi connectivity index (χ1) is 6.20. The van der Waals surface area contributed by atoms with Gasteiger partial charge in [0.25, 0.3) is 0 Å². The summed E-state index contributed by atoms with van der Waals surface area (Å²) in [6.07, 6.45) is 2.40. The van der Waals surface area contributed by atoms with Crippen molar-refractivity contribution in [3.05, 3.63) is 29.8 Å². The largest absolute Gasteiger partial charge is 0.324 e. The topological polar surface area (TPSA) is 26.0 Å². The molecule has 0 spiro atoms. The maximum atomic E-state index is 6.02. The highest BCUT2D eigenvalue weighted by Gasteiger charge is 2.37. The first-order valence-electron chi connectivity index (χ1n) is 4.67. The van der Waals surface area contributed by atoms with Gasteiger partial charge in [0, 0.05) is 16.2 Å². The van der Waals surface area contributed by atoms with Crippen molar-refractivity contribution in [1.29, 1.82) is 0 Å². The van der Waals surface area contributed by atoms with Crippen molar-refractivity contribution in [2.75, 3.05) is 5.75 Å². The highest BCUT2D eigenvalue weighted by atomic mass is 32.2. The minimum atomic E-state index is 0.160. The Morgan fingerprint density at radius 3 is 2.69 bits per heavy atom. The summed E-state index contributed by atoms with van der Waals surface area (Å²) in [6, 6.07) is 8.49. The molecule has 1 fully saturated rings. The van der Waals surface area contributed by atoms with Gasteiger partial charge in [-0.25, -0.2) is 0 Å². The van der Waals surface area contributed by atoms with E-state index in [-0.39, 0.29) is 5.54 Å². The molecule has 0 bridgehead atoms. The third-order valence-electron chi connectivity index (χ3n) is 2.50. The van der Waals surface area contributed by atoms with Crippen LogP contribution in [0.3, 0.4) is 0 Å². The van der Waals surface area contributed by atoms with E-state index in [4.69, 9.17) is 5.73 Å². The molecular formula is C11H15NS. The molecule has 2 rings (SSSR count). The van der Waals surface area contributed by atoms with Crippen LogP contribution in [0, 0.1) is 6.92 Å². The molecule has 2 heteroatoms. The first-order valence-corrected chi connectivity index (χ1v) is 5.66. The summed E-state index contributed by atoms with van der Waals surface area (Å²) in [5.74, 6) is 1.07. The summed E-state index contributed by atoms with van der Waals surface area (Å²) in [7, 11) is 0. The van der Waals surface area contributed by atoms with Crippen molar-refractivity contribution < 1.29 is 0 Å². The van der Waals surface area contributed by atoms with E-state index in [1.165, 1.54) is 23.3 Å². The summed E-state index contributed by atoms with van der Waals surface area (Å²) in [5.41, 5.74) is 7.54. The smallest absolute Gasteiger partial charge is 0.0250 e. The zero-order valence-corrected chi connectivity index (χ0v) is 8.73. The minimum absolute atomic E-state index is 0.160. The molecule has 13 heavy (non-hydrogen) atoms. The molecule has 0 radical (unpaired) electrons. The van der Waals surface area contributed by atoms with E-state index in [1.54, 1.807) is 0 Å². The lowest BCUT2D eigenvalue weighted by molar-refractivity contribution is 0.775. The molecule has 2 N–H and O–H groups in total. The van der Waals surface area contributed by atoms with Gasteiger partial charge < -0.3 is 5.73 Å². The normalized spacial score (nSPS) is 18.6. The van der Waals surface area contributed by atoms with Gasteiger partial charge in [-0.05, 0) is 31.4 Å². The first kappa shape index (κ1) is 9.10. The van der Waals surface area contributed by atoms with Crippen LogP contribution in [-0.2, 0) is 0 Å². The van der Waals surface area contributed by atoms with E-state index in [0.29, 0.717) is 0 Å². The van der Waals surface area contributed by atoms with E-state index in [0.717, 1.165) is 5.75 Å². The summed E-state index contributed by atoms with van der Waals surface area (Å²) < 4.78 is 0. The Labute approximate surface area is 83.7 Å². The van der Waals surface area contributed by atoms with Crippen LogP contribution >= 0.6 is 11.8 Å². The molecule has 1 aromatic rings. The van der Waals surface area contributed by atoms with Crippen molar-refractivity contribution in [3.8, 4) is 0 Å². The lowest BCUT2D eigenvalue weighted by Gasteiger charge is -2.09. The van der Waals surface area contributed by atoms with E-state index in [1.807, 2.05) is 11.8 Å². The van der Waals surface area contributed by atoms with Crippen LogP contribution in [0.15, 0.2) is 29.2 Å². The van der Waals surface area contributed by atoms with Crippen LogP contribution in [0.5, 0.6) is 0 Å². The fourth-order valence-electron chi connectivity index (χ4n) is 1.24. The molecule has 0 heterocycles. The highest BCUT2D eigenvalue weighted by Crippen LogP contribution is 2.38. The fraction of sp³-hybridized carbons (Fsp3) is 0.455. The van der Waals surface area contributed by atoms with Crippen LogP contribution in [-0.4, -0.2) is 11.3 Å². The number of thioether (sulfide) groups is 1. The molecular weight excluding hydrogens is 178 g/mol. The molecule has 0 atom stereocenters. The van der Waals surface area contributed by atoms with Gasteiger partial charge in [0.15, 0.2) is 0 Å². The number of benzene rings is 1. The van der Waals surface area contributed by atoms with Crippen LogP contribution in [0.1, 0.15) is 18.4 Å². The molecule has 0 unspecified atom stereocenters. The zero-order chi connectivity index (χ0) is 9.31. The minimum Gasteiger partial charge on any atom is -0.324 e. The van der Waals surface area contributed by atoms with Crippen molar-refractivity contribution >= 4 is 11.8 Å². The highest BCUT2D eigenvalue weighted by molar-refractivity contribution is 7.99. The standard InChI is InChI=1S/C11H15NS/c1-9-4-2-3-5-10(9)13-8-11(12)6-7-11/h2-5H,6-8,12H2,1H3. The summed E-state index contributed by atoms with van der Waals surface area (Å²) in [5, 5.41) is 0. The van der Waals surface area contributed by atoms with Crippen LogP contribution < -0.4 is 5.73 Å². The number of aryl methyl sites for hydroxylation is 1. The second-order valence-electron chi connectivity index (χ2n) is 3.92. The fourth-order valence-corrected chi connectivity index (χ4v) is 2.45. The number of nitrogens with two attached hydrogens (primary N) is 1. The Kier molecular flexibility index (Phi) is 2.35. The molecule has 0 aliphatic heterocycles. The second kappa shape index (κ2) is 3.35. The van der Waals surface area contributed by atoms with Crippen molar-refractivity contribution in [1.82, 2.24) is 0 Å².